The summed E-state index contributed by atoms with van der Waals surface area (Å²) in [5, 5.41) is 13.8. The van der Waals surface area contributed by atoms with Crippen LogP contribution >= 0.6 is 11.6 Å². The Balaban J connectivity index is 1.44. The maximum absolute atomic E-state index is 12.2. The second-order valence-electron chi connectivity index (χ2n) is 6.26. The summed E-state index contributed by atoms with van der Waals surface area (Å²) < 4.78 is 5.29. The number of carbonyl (C=O) groups is 1. The van der Waals surface area contributed by atoms with E-state index in [4.69, 9.17) is 16.3 Å². The summed E-state index contributed by atoms with van der Waals surface area (Å²) in [5.41, 5.74) is 1.16. The van der Waals surface area contributed by atoms with Gasteiger partial charge in [-0.05, 0) is 48.8 Å². The number of hydrogen-bond donors (Lipinski definition) is 2. The zero-order valence-corrected chi connectivity index (χ0v) is 13.3. The molecule has 120 valence electrons. The van der Waals surface area contributed by atoms with Crippen molar-refractivity contribution in [3.63, 3.8) is 0 Å². The van der Waals surface area contributed by atoms with Crippen molar-refractivity contribution in [1.82, 2.24) is 5.32 Å². The van der Waals surface area contributed by atoms with Gasteiger partial charge < -0.3 is 15.2 Å². The first-order valence-corrected chi connectivity index (χ1v) is 8.32. The average Bonchev–Trinajstić information content (AvgIpc) is 3.34. The molecule has 3 atom stereocenters. The summed E-state index contributed by atoms with van der Waals surface area (Å²) >= 11 is 5.88. The number of benzene rings is 1. The van der Waals surface area contributed by atoms with Crippen molar-refractivity contribution < 1.29 is 14.6 Å². The van der Waals surface area contributed by atoms with Crippen LogP contribution in [0.15, 0.2) is 24.3 Å². The van der Waals surface area contributed by atoms with E-state index in [1.54, 1.807) is 0 Å². The van der Waals surface area contributed by atoms with Gasteiger partial charge in [0, 0.05) is 30.7 Å². The number of aliphatic hydroxyl groups is 1. The van der Waals surface area contributed by atoms with Crippen LogP contribution in [0.4, 0.5) is 0 Å². The van der Waals surface area contributed by atoms with E-state index < -0.39 is 6.10 Å². The van der Waals surface area contributed by atoms with E-state index in [0.29, 0.717) is 24.8 Å². The van der Waals surface area contributed by atoms with Crippen LogP contribution in [-0.2, 0) is 9.53 Å². The molecule has 0 spiro atoms. The van der Waals surface area contributed by atoms with Crippen LogP contribution in [0.5, 0.6) is 0 Å². The number of halogens is 1. The third-order valence-electron chi connectivity index (χ3n) is 4.72. The molecule has 2 fully saturated rings. The lowest BCUT2D eigenvalue weighted by Gasteiger charge is -2.26. The van der Waals surface area contributed by atoms with Gasteiger partial charge in [-0.1, -0.05) is 23.7 Å². The molecule has 1 aliphatic carbocycles. The minimum absolute atomic E-state index is 0.0306. The first kappa shape index (κ1) is 15.8. The van der Waals surface area contributed by atoms with Gasteiger partial charge in [0.2, 0.25) is 5.91 Å². The van der Waals surface area contributed by atoms with E-state index in [9.17, 15) is 9.90 Å². The van der Waals surface area contributed by atoms with Gasteiger partial charge in [-0.15, -0.1) is 0 Å². The lowest BCUT2D eigenvalue weighted by atomic mass is 9.94. The Morgan fingerprint density at radius 2 is 2.00 bits per heavy atom. The van der Waals surface area contributed by atoms with Gasteiger partial charge >= 0.3 is 0 Å². The van der Waals surface area contributed by atoms with Crippen molar-refractivity contribution >= 4 is 17.5 Å². The minimum atomic E-state index is -0.472. The second-order valence-corrected chi connectivity index (χ2v) is 6.70. The fourth-order valence-electron chi connectivity index (χ4n) is 3.17. The van der Waals surface area contributed by atoms with Crippen molar-refractivity contribution in [2.24, 2.45) is 11.8 Å². The summed E-state index contributed by atoms with van der Waals surface area (Å²) in [4.78, 5) is 12.2. The highest BCUT2D eigenvalue weighted by Gasteiger charge is 2.43. The van der Waals surface area contributed by atoms with Gasteiger partial charge in [0.25, 0.3) is 0 Å². The van der Waals surface area contributed by atoms with Crippen molar-refractivity contribution in [3.8, 4) is 0 Å². The first-order chi connectivity index (χ1) is 10.6. The Labute approximate surface area is 135 Å². The van der Waals surface area contributed by atoms with Crippen LogP contribution in [-0.4, -0.2) is 36.9 Å². The zero-order chi connectivity index (χ0) is 15.5. The summed E-state index contributed by atoms with van der Waals surface area (Å²) in [6.07, 6.45) is 2.14. The lowest BCUT2D eigenvalue weighted by Crippen LogP contribution is -2.39. The second kappa shape index (κ2) is 6.99. The molecule has 1 amide bonds. The summed E-state index contributed by atoms with van der Waals surface area (Å²) in [6.45, 7) is 1.75. The number of rotatable bonds is 5. The molecule has 3 rings (SSSR count). The fraction of sp³-hybridized carbons (Fsp3) is 0.588. The molecule has 2 N–H and O–H groups in total. The molecule has 0 aromatic heterocycles. The Morgan fingerprint density at radius 1 is 1.32 bits per heavy atom. The molecular formula is C17H22ClNO3. The van der Waals surface area contributed by atoms with E-state index in [1.165, 1.54) is 0 Å². The average molecular weight is 324 g/mol. The maximum Gasteiger partial charge on any atom is 0.223 e. The van der Waals surface area contributed by atoms with E-state index in [-0.39, 0.29) is 23.7 Å². The Morgan fingerprint density at radius 3 is 2.68 bits per heavy atom. The van der Waals surface area contributed by atoms with Gasteiger partial charge in [-0.25, -0.2) is 0 Å². The number of aliphatic hydroxyl groups excluding tert-OH is 1. The van der Waals surface area contributed by atoms with Crippen LogP contribution in [0.1, 0.15) is 30.7 Å². The Hall–Kier alpha value is -1.10. The van der Waals surface area contributed by atoms with Crippen LogP contribution in [0.3, 0.4) is 0 Å². The molecule has 1 aliphatic heterocycles. The van der Waals surface area contributed by atoms with Crippen LogP contribution in [0, 0.1) is 11.8 Å². The smallest absolute Gasteiger partial charge is 0.223 e. The number of hydrogen-bond acceptors (Lipinski definition) is 3. The third-order valence-corrected chi connectivity index (χ3v) is 4.97. The first-order valence-electron chi connectivity index (χ1n) is 7.94. The SMILES string of the molecule is O=C(NC[C@H](O)C1CCOCC1)[C@@H]1C[C@H]1c1ccc(Cl)cc1. The summed E-state index contributed by atoms with van der Waals surface area (Å²) in [5.74, 6) is 0.604. The van der Waals surface area contributed by atoms with Crippen molar-refractivity contribution in [1.29, 1.82) is 0 Å². The van der Waals surface area contributed by atoms with Crippen molar-refractivity contribution in [2.45, 2.75) is 31.3 Å². The van der Waals surface area contributed by atoms with E-state index in [0.717, 1.165) is 24.8 Å². The highest BCUT2D eigenvalue weighted by Crippen LogP contribution is 2.47. The van der Waals surface area contributed by atoms with Crippen molar-refractivity contribution in [2.75, 3.05) is 19.8 Å². The minimum Gasteiger partial charge on any atom is -0.391 e. The van der Waals surface area contributed by atoms with Gasteiger partial charge in [0.05, 0.1) is 6.10 Å². The van der Waals surface area contributed by atoms with Gasteiger partial charge in [-0.2, -0.15) is 0 Å². The standard InChI is InChI=1S/C17H22ClNO3/c18-13-3-1-11(2-4-13)14-9-15(14)17(21)19-10-16(20)12-5-7-22-8-6-12/h1-4,12,14-16,20H,5-10H2,(H,19,21)/t14-,15+,16-/m0/s1. The topological polar surface area (TPSA) is 58.6 Å². The number of ether oxygens (including phenoxy) is 1. The maximum atomic E-state index is 12.2. The van der Waals surface area contributed by atoms with Gasteiger partial charge in [0.15, 0.2) is 0 Å². The highest BCUT2D eigenvalue weighted by atomic mass is 35.5. The molecule has 0 unspecified atom stereocenters. The van der Waals surface area contributed by atoms with Crippen LogP contribution in [0.25, 0.3) is 0 Å². The third kappa shape index (κ3) is 3.80. The van der Waals surface area contributed by atoms with E-state index >= 15 is 0 Å². The molecule has 1 heterocycles. The van der Waals surface area contributed by atoms with Crippen molar-refractivity contribution in [3.05, 3.63) is 34.9 Å². The molecule has 22 heavy (non-hydrogen) atoms. The molecule has 0 radical (unpaired) electrons. The number of carbonyl (C=O) groups excluding carboxylic acids is 1. The molecule has 4 nitrogen and oxygen atoms in total. The predicted octanol–water partition coefficient (Wildman–Crippen LogP) is 2.35. The Kier molecular flexibility index (Phi) is 5.01. The molecule has 2 aliphatic rings. The van der Waals surface area contributed by atoms with E-state index in [2.05, 4.69) is 5.32 Å². The molecule has 0 bridgehead atoms. The lowest BCUT2D eigenvalue weighted by molar-refractivity contribution is -0.123. The molecule has 1 saturated heterocycles. The normalized spacial score (nSPS) is 26.5. The number of nitrogens with one attached hydrogen (secondary N) is 1. The van der Waals surface area contributed by atoms with Crippen LogP contribution < -0.4 is 5.32 Å². The molecule has 1 saturated carbocycles. The Bertz CT molecular complexity index is 513. The molecule has 1 aromatic rings. The molecular weight excluding hydrogens is 302 g/mol. The van der Waals surface area contributed by atoms with Gasteiger partial charge in [-0.3, -0.25) is 4.79 Å². The largest absolute Gasteiger partial charge is 0.391 e. The highest BCUT2D eigenvalue weighted by molar-refractivity contribution is 6.30. The molecule has 1 aromatic carbocycles. The monoisotopic (exact) mass is 323 g/mol. The summed E-state index contributed by atoms with van der Waals surface area (Å²) in [7, 11) is 0. The quantitative estimate of drug-likeness (QED) is 0.874. The zero-order valence-electron chi connectivity index (χ0n) is 12.5. The fourth-order valence-corrected chi connectivity index (χ4v) is 3.29. The summed E-state index contributed by atoms with van der Waals surface area (Å²) in [6, 6.07) is 7.69. The van der Waals surface area contributed by atoms with E-state index in [1.807, 2.05) is 24.3 Å². The number of amides is 1. The van der Waals surface area contributed by atoms with Gasteiger partial charge in [0.1, 0.15) is 0 Å². The van der Waals surface area contributed by atoms with Crippen LogP contribution in [0.2, 0.25) is 5.02 Å². The predicted molar refractivity (Wildman–Crippen MR) is 84.9 cm³/mol. The molecule has 5 heteroatoms.